The number of hydrogen-bond acceptors (Lipinski definition) is 6. The number of hydrogen-bond donors (Lipinski definition) is 2. The molecule has 1 saturated heterocycles. The first-order chi connectivity index (χ1) is 9.55. The van der Waals surface area contributed by atoms with Gasteiger partial charge in [0.2, 0.25) is 5.13 Å². The molecule has 1 aromatic rings. The zero-order valence-electron chi connectivity index (χ0n) is 12.2. The fourth-order valence-corrected chi connectivity index (χ4v) is 3.25. The maximum Gasteiger partial charge on any atom is 0.258 e. The van der Waals surface area contributed by atoms with Crippen LogP contribution in [0.15, 0.2) is 0 Å². The van der Waals surface area contributed by atoms with Gasteiger partial charge >= 0.3 is 0 Å². The van der Waals surface area contributed by atoms with Crippen LogP contribution < -0.4 is 10.6 Å². The molecule has 1 aliphatic rings. The third-order valence-electron chi connectivity index (χ3n) is 3.49. The molecule has 0 aromatic carbocycles. The highest BCUT2D eigenvalue weighted by molar-refractivity contribution is 7.15. The molecule has 20 heavy (non-hydrogen) atoms. The topological polar surface area (TPSA) is 76.1 Å². The van der Waals surface area contributed by atoms with Crippen molar-refractivity contribution in [2.45, 2.75) is 38.7 Å². The molecular formula is C13H22N4O2S. The summed E-state index contributed by atoms with van der Waals surface area (Å²) in [6, 6.07) is 0. The Kier molecular flexibility index (Phi) is 5.06. The largest absolute Gasteiger partial charge is 0.368 e. The molecule has 0 atom stereocenters. The van der Waals surface area contributed by atoms with E-state index in [1.54, 1.807) is 7.11 Å². The minimum Gasteiger partial charge on any atom is -0.368 e. The highest BCUT2D eigenvalue weighted by Crippen LogP contribution is 2.26. The summed E-state index contributed by atoms with van der Waals surface area (Å²) in [5.74, 6) is 0.412. The quantitative estimate of drug-likeness (QED) is 0.860. The molecule has 0 radical (unpaired) electrons. The van der Waals surface area contributed by atoms with Crippen LogP contribution in [-0.2, 0) is 16.0 Å². The van der Waals surface area contributed by atoms with Crippen LogP contribution in [0.5, 0.6) is 0 Å². The van der Waals surface area contributed by atoms with Crippen LogP contribution in [0.4, 0.5) is 5.13 Å². The van der Waals surface area contributed by atoms with Crippen molar-refractivity contribution in [1.82, 2.24) is 15.5 Å². The van der Waals surface area contributed by atoms with Gasteiger partial charge in [-0.15, -0.1) is 10.2 Å². The normalized spacial score (nSPS) is 18.2. The number of nitrogens with zero attached hydrogens (tertiary/aromatic N) is 2. The number of rotatable bonds is 5. The summed E-state index contributed by atoms with van der Waals surface area (Å²) < 4.78 is 5.49. The van der Waals surface area contributed by atoms with Gasteiger partial charge in [0.1, 0.15) is 10.6 Å². The van der Waals surface area contributed by atoms with Crippen molar-refractivity contribution in [3.8, 4) is 0 Å². The lowest BCUT2D eigenvalue weighted by Crippen LogP contribution is -2.51. The summed E-state index contributed by atoms with van der Waals surface area (Å²) in [5, 5.41) is 15.7. The molecule has 0 spiro atoms. The summed E-state index contributed by atoms with van der Waals surface area (Å²) in [6.07, 6.45) is 2.23. The number of nitrogens with one attached hydrogen (secondary N) is 2. The minimum atomic E-state index is -0.741. The predicted octanol–water partition coefficient (Wildman–Crippen LogP) is 1.44. The molecule has 6 nitrogen and oxygen atoms in total. The second-order valence-electron chi connectivity index (χ2n) is 5.50. The lowest BCUT2D eigenvalue weighted by Gasteiger charge is -2.34. The van der Waals surface area contributed by atoms with Gasteiger partial charge in [0, 0.05) is 13.5 Å². The van der Waals surface area contributed by atoms with E-state index in [9.17, 15) is 4.79 Å². The fraction of sp³-hybridized carbons (Fsp3) is 0.769. The van der Waals surface area contributed by atoms with E-state index >= 15 is 0 Å². The number of amides is 1. The Labute approximate surface area is 123 Å². The molecule has 112 valence electrons. The predicted molar refractivity (Wildman–Crippen MR) is 78.9 cm³/mol. The number of carbonyl (C=O) groups excluding carboxylic acids is 1. The zero-order chi connectivity index (χ0) is 14.6. The number of carbonyl (C=O) groups is 1. The summed E-state index contributed by atoms with van der Waals surface area (Å²) in [7, 11) is 1.59. The number of piperidine rings is 1. The van der Waals surface area contributed by atoms with Crippen LogP contribution in [0, 0.1) is 5.92 Å². The molecule has 7 heteroatoms. The van der Waals surface area contributed by atoms with Gasteiger partial charge in [0.05, 0.1) is 0 Å². The first kappa shape index (κ1) is 15.3. The Bertz CT molecular complexity index is 455. The smallest absolute Gasteiger partial charge is 0.258 e. The van der Waals surface area contributed by atoms with Crippen LogP contribution in [0.3, 0.4) is 0 Å². The molecule has 1 amide bonds. The lowest BCUT2D eigenvalue weighted by atomic mass is 9.91. The van der Waals surface area contributed by atoms with Gasteiger partial charge < -0.3 is 10.1 Å². The Morgan fingerprint density at radius 3 is 2.75 bits per heavy atom. The van der Waals surface area contributed by atoms with Gasteiger partial charge in [-0.3, -0.25) is 10.1 Å². The summed E-state index contributed by atoms with van der Waals surface area (Å²) in [4.78, 5) is 12.4. The molecule has 0 saturated carbocycles. The molecule has 1 aromatic heterocycles. The third kappa shape index (κ3) is 3.53. The average molecular weight is 298 g/mol. The van der Waals surface area contributed by atoms with Crippen molar-refractivity contribution in [2.24, 2.45) is 5.92 Å². The molecule has 1 fully saturated rings. The first-order valence-corrected chi connectivity index (χ1v) is 7.77. The van der Waals surface area contributed by atoms with E-state index in [-0.39, 0.29) is 5.91 Å². The van der Waals surface area contributed by atoms with Gasteiger partial charge in [-0.2, -0.15) is 0 Å². The van der Waals surface area contributed by atoms with Crippen molar-refractivity contribution >= 4 is 22.4 Å². The Morgan fingerprint density at radius 2 is 2.15 bits per heavy atom. The van der Waals surface area contributed by atoms with Crippen LogP contribution in [0.1, 0.15) is 31.7 Å². The molecule has 1 aliphatic heterocycles. The third-order valence-corrected chi connectivity index (χ3v) is 4.35. The maximum absolute atomic E-state index is 12.4. The average Bonchev–Trinajstić information content (AvgIpc) is 2.85. The maximum atomic E-state index is 12.4. The summed E-state index contributed by atoms with van der Waals surface area (Å²) in [6.45, 7) is 5.84. The number of anilines is 1. The fourth-order valence-electron chi connectivity index (χ4n) is 2.30. The van der Waals surface area contributed by atoms with Gasteiger partial charge in [0.15, 0.2) is 0 Å². The second kappa shape index (κ2) is 6.60. The Balaban J connectivity index is 2.01. The van der Waals surface area contributed by atoms with E-state index in [4.69, 9.17) is 4.74 Å². The van der Waals surface area contributed by atoms with Crippen molar-refractivity contribution in [1.29, 1.82) is 0 Å². The molecule has 2 rings (SSSR count). The lowest BCUT2D eigenvalue weighted by molar-refractivity contribution is -0.140. The van der Waals surface area contributed by atoms with Crippen LogP contribution in [0.25, 0.3) is 0 Å². The second-order valence-corrected chi connectivity index (χ2v) is 6.56. The molecule has 0 bridgehead atoms. The Hall–Kier alpha value is -1.05. The monoisotopic (exact) mass is 298 g/mol. The van der Waals surface area contributed by atoms with Gasteiger partial charge in [-0.25, -0.2) is 0 Å². The van der Waals surface area contributed by atoms with Crippen molar-refractivity contribution in [3.63, 3.8) is 0 Å². The van der Waals surface area contributed by atoms with Gasteiger partial charge in [-0.05, 0) is 31.8 Å². The van der Waals surface area contributed by atoms with E-state index < -0.39 is 5.60 Å². The van der Waals surface area contributed by atoms with Crippen LogP contribution >= 0.6 is 11.3 Å². The number of ether oxygens (including phenoxy) is 1. The Morgan fingerprint density at radius 1 is 1.45 bits per heavy atom. The van der Waals surface area contributed by atoms with E-state index in [0.29, 0.717) is 23.9 Å². The SMILES string of the molecule is COC1(C(=O)Nc2nnc(CC(C)C)s2)CCNCC1. The molecule has 2 N–H and O–H groups in total. The van der Waals surface area contributed by atoms with Gasteiger partial charge in [-0.1, -0.05) is 25.2 Å². The standard InChI is InChI=1S/C13H22N4O2S/c1-9(2)8-10-16-17-12(20-10)15-11(18)13(19-3)4-6-14-7-5-13/h9,14H,4-8H2,1-3H3,(H,15,17,18). The number of methoxy groups -OCH3 is 1. The summed E-state index contributed by atoms with van der Waals surface area (Å²) >= 11 is 1.44. The van der Waals surface area contributed by atoms with E-state index in [1.165, 1.54) is 11.3 Å². The number of aromatic nitrogens is 2. The zero-order valence-corrected chi connectivity index (χ0v) is 13.0. The van der Waals surface area contributed by atoms with Gasteiger partial charge in [0.25, 0.3) is 5.91 Å². The van der Waals surface area contributed by atoms with Crippen molar-refractivity contribution < 1.29 is 9.53 Å². The van der Waals surface area contributed by atoms with Crippen molar-refractivity contribution in [3.05, 3.63) is 5.01 Å². The van der Waals surface area contributed by atoms with Crippen LogP contribution in [0.2, 0.25) is 0 Å². The highest BCUT2D eigenvalue weighted by Gasteiger charge is 2.40. The van der Waals surface area contributed by atoms with E-state index in [1.807, 2.05) is 0 Å². The first-order valence-electron chi connectivity index (χ1n) is 6.95. The van der Waals surface area contributed by atoms with E-state index in [2.05, 4.69) is 34.7 Å². The van der Waals surface area contributed by atoms with Crippen molar-refractivity contribution in [2.75, 3.05) is 25.5 Å². The van der Waals surface area contributed by atoms with Crippen LogP contribution in [-0.4, -0.2) is 41.9 Å². The highest BCUT2D eigenvalue weighted by atomic mass is 32.1. The molecule has 0 aliphatic carbocycles. The molecule has 2 heterocycles. The van der Waals surface area contributed by atoms with E-state index in [0.717, 1.165) is 24.5 Å². The minimum absolute atomic E-state index is 0.117. The molecule has 0 unspecified atom stereocenters. The molecular weight excluding hydrogens is 276 g/mol. The summed E-state index contributed by atoms with van der Waals surface area (Å²) in [5.41, 5.74) is -0.741.